The molecule has 1 aromatic heterocycles. The van der Waals surface area contributed by atoms with Crippen molar-refractivity contribution in [1.82, 2.24) is 0 Å². The van der Waals surface area contributed by atoms with Gasteiger partial charge < -0.3 is 5.11 Å². The molecule has 0 saturated carbocycles. The van der Waals surface area contributed by atoms with Gasteiger partial charge in [0.05, 0.1) is 10.6 Å². The van der Waals surface area contributed by atoms with Gasteiger partial charge in [-0.05, 0) is 24.6 Å². The highest BCUT2D eigenvalue weighted by atomic mass is 32.2. The lowest BCUT2D eigenvalue weighted by atomic mass is 10.1. The van der Waals surface area contributed by atoms with Crippen LogP contribution in [0.15, 0.2) is 34.5 Å². The van der Waals surface area contributed by atoms with E-state index in [-0.39, 0.29) is 16.3 Å². The Labute approximate surface area is 124 Å². The smallest absolute Gasteiger partial charge is 0.345 e. The third kappa shape index (κ3) is 2.20. The van der Waals surface area contributed by atoms with Crippen molar-refractivity contribution < 1.29 is 22.7 Å². The summed E-state index contributed by atoms with van der Waals surface area (Å²) in [5.41, 5.74) is 0.688. The Morgan fingerprint density at radius 3 is 2.81 bits per heavy atom. The van der Waals surface area contributed by atoms with Crippen LogP contribution in [0.1, 0.15) is 15.2 Å². The third-order valence-corrected chi connectivity index (χ3v) is 6.16. The molecule has 110 valence electrons. The molecule has 8 heteroatoms. The lowest BCUT2D eigenvalue weighted by Crippen LogP contribution is -2.28. The van der Waals surface area contributed by atoms with Gasteiger partial charge in [0.15, 0.2) is 0 Å². The maximum Gasteiger partial charge on any atom is 0.345 e. The minimum absolute atomic E-state index is 0.0489. The predicted octanol–water partition coefficient (Wildman–Crippen LogP) is 2.34. The summed E-state index contributed by atoms with van der Waals surface area (Å²) in [6.45, 7) is 0.150. The molecule has 0 amide bonds. The second-order valence-corrected chi connectivity index (χ2v) is 7.29. The van der Waals surface area contributed by atoms with Crippen LogP contribution in [-0.4, -0.2) is 26.0 Å². The van der Waals surface area contributed by atoms with Gasteiger partial charge in [0, 0.05) is 17.5 Å². The largest absolute Gasteiger partial charge is 0.477 e. The Kier molecular flexibility index (Phi) is 3.22. The number of rotatable bonds is 3. The molecule has 0 radical (unpaired) electrons. The Bertz CT molecular complexity index is 828. The highest BCUT2D eigenvalue weighted by molar-refractivity contribution is 7.93. The first-order valence-corrected chi connectivity index (χ1v) is 8.35. The van der Waals surface area contributed by atoms with Gasteiger partial charge in [0.25, 0.3) is 10.0 Å². The van der Waals surface area contributed by atoms with Crippen LogP contribution >= 0.6 is 11.3 Å². The number of fused-ring (bicyclic) bond motifs is 1. The second-order valence-electron chi connectivity index (χ2n) is 4.52. The number of aromatic carboxylic acids is 1. The van der Waals surface area contributed by atoms with Gasteiger partial charge in [-0.15, -0.1) is 11.3 Å². The van der Waals surface area contributed by atoms with Crippen molar-refractivity contribution in [3.63, 3.8) is 0 Å². The maximum absolute atomic E-state index is 13.7. The van der Waals surface area contributed by atoms with E-state index in [0.29, 0.717) is 17.7 Å². The molecule has 0 atom stereocenters. The molecule has 0 fully saturated rings. The molecule has 1 N–H and O–H groups in total. The molecule has 0 aliphatic carbocycles. The van der Waals surface area contributed by atoms with Crippen molar-refractivity contribution in [2.24, 2.45) is 0 Å². The summed E-state index contributed by atoms with van der Waals surface area (Å²) < 4.78 is 39.9. The molecule has 0 saturated heterocycles. The third-order valence-electron chi connectivity index (χ3n) is 3.30. The van der Waals surface area contributed by atoms with Crippen LogP contribution in [0.25, 0.3) is 0 Å². The number of carbonyl (C=O) groups is 1. The molecular formula is C13H10FNO4S2. The number of benzene rings is 1. The van der Waals surface area contributed by atoms with Crippen LogP contribution in [0.5, 0.6) is 0 Å². The van der Waals surface area contributed by atoms with Crippen LogP contribution in [0.2, 0.25) is 0 Å². The highest BCUT2D eigenvalue weighted by Crippen LogP contribution is 2.35. The van der Waals surface area contributed by atoms with Gasteiger partial charge >= 0.3 is 5.97 Å². The zero-order valence-corrected chi connectivity index (χ0v) is 12.2. The monoisotopic (exact) mass is 327 g/mol. The molecule has 0 unspecified atom stereocenters. The fourth-order valence-electron chi connectivity index (χ4n) is 2.31. The Morgan fingerprint density at radius 2 is 2.14 bits per heavy atom. The first kappa shape index (κ1) is 14.0. The molecule has 1 aliphatic heterocycles. The fraction of sp³-hybridized carbons (Fsp3) is 0.154. The molecule has 5 nitrogen and oxygen atoms in total. The van der Waals surface area contributed by atoms with Crippen molar-refractivity contribution in [3.05, 3.63) is 45.9 Å². The number of sulfonamides is 1. The number of anilines is 1. The number of halogens is 1. The molecule has 2 heterocycles. The molecule has 21 heavy (non-hydrogen) atoms. The van der Waals surface area contributed by atoms with Gasteiger partial charge in [-0.25, -0.2) is 17.6 Å². The predicted molar refractivity (Wildman–Crippen MR) is 75.9 cm³/mol. The molecular weight excluding hydrogens is 317 g/mol. The quantitative estimate of drug-likeness (QED) is 0.939. The summed E-state index contributed by atoms with van der Waals surface area (Å²) in [5, 5.41) is 10.2. The van der Waals surface area contributed by atoms with E-state index in [4.69, 9.17) is 5.11 Å². The average molecular weight is 327 g/mol. The van der Waals surface area contributed by atoms with Gasteiger partial charge in [-0.2, -0.15) is 0 Å². The maximum atomic E-state index is 13.7. The summed E-state index contributed by atoms with van der Waals surface area (Å²) in [7, 11) is -3.87. The van der Waals surface area contributed by atoms with Crippen molar-refractivity contribution in [1.29, 1.82) is 0 Å². The molecule has 0 bridgehead atoms. The SMILES string of the molecule is O=C(O)c1cc(S(=O)(=O)N2CCc3c(F)cccc32)cs1. The number of hydrogen-bond acceptors (Lipinski definition) is 4. The summed E-state index contributed by atoms with van der Waals surface area (Å²) in [5.74, 6) is -1.60. The van der Waals surface area contributed by atoms with Crippen molar-refractivity contribution in [3.8, 4) is 0 Å². The number of nitrogens with zero attached hydrogens (tertiary/aromatic N) is 1. The molecule has 1 aromatic carbocycles. The van der Waals surface area contributed by atoms with E-state index < -0.39 is 21.8 Å². The number of carboxylic acids is 1. The number of carboxylic acid groups (broad SMARTS) is 1. The number of thiophene rings is 1. The Balaban J connectivity index is 2.05. The van der Waals surface area contributed by atoms with E-state index >= 15 is 0 Å². The van der Waals surface area contributed by atoms with Gasteiger partial charge in [0.1, 0.15) is 10.7 Å². The lowest BCUT2D eigenvalue weighted by Gasteiger charge is -2.18. The second kappa shape index (κ2) is 4.81. The Morgan fingerprint density at radius 1 is 1.38 bits per heavy atom. The van der Waals surface area contributed by atoms with E-state index in [1.54, 1.807) is 6.07 Å². The van der Waals surface area contributed by atoms with E-state index in [1.807, 2.05) is 0 Å². The molecule has 1 aliphatic rings. The van der Waals surface area contributed by atoms with Crippen molar-refractivity contribution in [2.75, 3.05) is 10.8 Å². The summed E-state index contributed by atoms with van der Waals surface area (Å²) in [4.78, 5) is 10.7. The summed E-state index contributed by atoms with van der Waals surface area (Å²) in [6.07, 6.45) is 0.303. The zero-order chi connectivity index (χ0) is 15.2. The van der Waals surface area contributed by atoms with Crippen molar-refractivity contribution in [2.45, 2.75) is 11.3 Å². The van der Waals surface area contributed by atoms with Crippen molar-refractivity contribution >= 4 is 33.0 Å². The summed E-state index contributed by atoms with van der Waals surface area (Å²) >= 11 is 0.848. The molecule has 3 rings (SSSR count). The molecule has 2 aromatic rings. The van der Waals surface area contributed by atoms with E-state index in [9.17, 15) is 17.6 Å². The lowest BCUT2D eigenvalue weighted by molar-refractivity contribution is 0.0702. The van der Waals surface area contributed by atoms with Crippen LogP contribution in [0, 0.1) is 5.82 Å². The first-order chi connectivity index (χ1) is 9.91. The van der Waals surface area contributed by atoms with E-state index in [0.717, 1.165) is 21.7 Å². The van der Waals surface area contributed by atoms with E-state index in [1.165, 1.54) is 17.5 Å². The molecule has 0 spiro atoms. The van der Waals surface area contributed by atoms with Gasteiger partial charge in [-0.1, -0.05) is 6.07 Å². The standard InChI is InChI=1S/C13H10FNO4S2/c14-10-2-1-3-11-9(10)4-5-15(11)21(18,19)8-6-12(13(16)17)20-7-8/h1-3,6-7H,4-5H2,(H,16,17). The average Bonchev–Trinajstić information content (AvgIpc) is 3.07. The van der Waals surface area contributed by atoms with Gasteiger partial charge in [0.2, 0.25) is 0 Å². The fourth-order valence-corrected chi connectivity index (χ4v) is 4.90. The van der Waals surface area contributed by atoms with Gasteiger partial charge in [-0.3, -0.25) is 4.31 Å². The van der Waals surface area contributed by atoms with Crippen LogP contribution in [-0.2, 0) is 16.4 Å². The number of hydrogen-bond donors (Lipinski definition) is 1. The van der Waals surface area contributed by atoms with Crippen LogP contribution in [0.4, 0.5) is 10.1 Å². The normalized spacial score (nSPS) is 14.2. The Hall–Kier alpha value is -1.93. The first-order valence-electron chi connectivity index (χ1n) is 6.03. The highest BCUT2D eigenvalue weighted by Gasteiger charge is 2.33. The topological polar surface area (TPSA) is 74.7 Å². The van der Waals surface area contributed by atoms with Crippen LogP contribution in [0.3, 0.4) is 0 Å². The van der Waals surface area contributed by atoms with E-state index in [2.05, 4.69) is 0 Å². The minimum Gasteiger partial charge on any atom is -0.477 e. The summed E-state index contributed by atoms with van der Waals surface area (Å²) in [6, 6.07) is 5.42. The minimum atomic E-state index is -3.87. The van der Waals surface area contributed by atoms with Crippen LogP contribution < -0.4 is 4.31 Å². The zero-order valence-electron chi connectivity index (χ0n) is 10.6.